The van der Waals surface area contributed by atoms with Crippen LogP contribution in [0, 0.1) is 11.7 Å². The van der Waals surface area contributed by atoms with Crippen LogP contribution in [0.3, 0.4) is 0 Å². The summed E-state index contributed by atoms with van der Waals surface area (Å²) in [4.78, 5) is 14.1. The van der Waals surface area contributed by atoms with E-state index < -0.39 is 0 Å². The zero-order valence-corrected chi connectivity index (χ0v) is 13.6. The zero-order chi connectivity index (χ0) is 16.7. The number of halogens is 1. The molecule has 1 aliphatic heterocycles. The van der Waals surface area contributed by atoms with Gasteiger partial charge in [-0.3, -0.25) is 9.69 Å². The predicted octanol–water partition coefficient (Wildman–Crippen LogP) is 1.38. The van der Waals surface area contributed by atoms with Gasteiger partial charge in [0.15, 0.2) is 0 Å². The number of hydrogen-bond donors (Lipinski definition) is 2. The standard InChI is InChI=1S/C17H26FN3O2/c1-13(12-19)17(22)20-15-6-8-21(9-7-15)10-11-23-16-4-2-14(18)3-5-16/h2-5,13,15H,6-12,19H2,1H3,(H,20,22). The van der Waals surface area contributed by atoms with Crippen LogP contribution in [-0.2, 0) is 4.79 Å². The molecule has 1 amide bonds. The van der Waals surface area contributed by atoms with Crippen LogP contribution in [0.1, 0.15) is 19.8 Å². The van der Waals surface area contributed by atoms with Gasteiger partial charge >= 0.3 is 0 Å². The molecule has 1 saturated heterocycles. The Balaban J connectivity index is 1.63. The lowest BCUT2D eigenvalue weighted by Crippen LogP contribution is -2.47. The summed E-state index contributed by atoms with van der Waals surface area (Å²) in [5.41, 5.74) is 5.51. The number of carbonyl (C=O) groups excluding carboxylic acids is 1. The molecular formula is C17H26FN3O2. The van der Waals surface area contributed by atoms with E-state index in [-0.39, 0.29) is 23.7 Å². The first-order valence-electron chi connectivity index (χ1n) is 8.19. The van der Waals surface area contributed by atoms with Crippen LogP contribution < -0.4 is 15.8 Å². The van der Waals surface area contributed by atoms with Crippen molar-refractivity contribution in [1.29, 1.82) is 0 Å². The normalized spacial score (nSPS) is 17.7. The fraction of sp³-hybridized carbons (Fsp3) is 0.588. The Morgan fingerprint density at radius 2 is 2.04 bits per heavy atom. The number of nitrogens with one attached hydrogen (secondary N) is 1. The van der Waals surface area contributed by atoms with E-state index in [1.54, 1.807) is 12.1 Å². The molecule has 0 saturated carbocycles. The van der Waals surface area contributed by atoms with Gasteiger partial charge in [-0.1, -0.05) is 6.92 Å². The molecule has 6 heteroatoms. The minimum absolute atomic E-state index is 0.0468. The van der Waals surface area contributed by atoms with Crippen molar-refractivity contribution in [1.82, 2.24) is 10.2 Å². The van der Waals surface area contributed by atoms with Crippen LogP contribution in [0.15, 0.2) is 24.3 Å². The van der Waals surface area contributed by atoms with Crippen LogP contribution in [0.2, 0.25) is 0 Å². The number of carbonyl (C=O) groups is 1. The Kier molecular flexibility index (Phi) is 6.80. The number of nitrogens with two attached hydrogens (primary N) is 1. The Hall–Kier alpha value is -1.66. The topological polar surface area (TPSA) is 67.6 Å². The van der Waals surface area contributed by atoms with E-state index in [1.807, 2.05) is 6.92 Å². The van der Waals surface area contributed by atoms with Gasteiger partial charge in [-0.05, 0) is 37.1 Å². The fourth-order valence-electron chi connectivity index (χ4n) is 2.57. The minimum atomic E-state index is -0.259. The molecule has 1 unspecified atom stereocenters. The number of ether oxygens (including phenoxy) is 1. The molecule has 2 rings (SSSR count). The summed E-state index contributed by atoms with van der Waals surface area (Å²) in [6.07, 6.45) is 1.89. The molecule has 1 heterocycles. The molecule has 1 aliphatic rings. The largest absolute Gasteiger partial charge is 0.492 e. The molecule has 1 aromatic carbocycles. The van der Waals surface area contributed by atoms with Crippen molar-refractivity contribution in [3.05, 3.63) is 30.1 Å². The van der Waals surface area contributed by atoms with Crippen molar-refractivity contribution in [2.45, 2.75) is 25.8 Å². The first kappa shape index (κ1) is 17.7. The summed E-state index contributed by atoms with van der Waals surface area (Å²) < 4.78 is 18.4. The molecular weight excluding hydrogens is 297 g/mol. The molecule has 3 N–H and O–H groups in total. The van der Waals surface area contributed by atoms with Gasteiger partial charge in [0, 0.05) is 38.1 Å². The third-order valence-electron chi connectivity index (χ3n) is 4.22. The maximum Gasteiger partial charge on any atom is 0.224 e. The van der Waals surface area contributed by atoms with E-state index in [0.29, 0.717) is 18.9 Å². The molecule has 23 heavy (non-hydrogen) atoms. The second-order valence-corrected chi connectivity index (χ2v) is 6.06. The molecule has 0 radical (unpaired) electrons. The average Bonchev–Trinajstić information content (AvgIpc) is 2.57. The lowest BCUT2D eigenvalue weighted by atomic mass is 10.0. The summed E-state index contributed by atoms with van der Waals surface area (Å²) in [6.45, 7) is 5.51. The van der Waals surface area contributed by atoms with E-state index in [1.165, 1.54) is 12.1 Å². The predicted molar refractivity (Wildman–Crippen MR) is 87.7 cm³/mol. The number of amides is 1. The highest BCUT2D eigenvalue weighted by Crippen LogP contribution is 2.13. The van der Waals surface area contributed by atoms with Crippen molar-refractivity contribution in [2.75, 3.05) is 32.8 Å². The molecule has 0 aliphatic carbocycles. The van der Waals surface area contributed by atoms with E-state index in [0.717, 1.165) is 32.5 Å². The van der Waals surface area contributed by atoms with Gasteiger partial charge in [-0.15, -0.1) is 0 Å². The van der Waals surface area contributed by atoms with E-state index in [4.69, 9.17) is 10.5 Å². The van der Waals surface area contributed by atoms with E-state index in [2.05, 4.69) is 10.2 Å². The molecule has 1 fully saturated rings. The number of hydrogen-bond acceptors (Lipinski definition) is 4. The molecule has 128 valence electrons. The maximum absolute atomic E-state index is 12.8. The minimum Gasteiger partial charge on any atom is -0.492 e. The summed E-state index contributed by atoms with van der Waals surface area (Å²) in [7, 11) is 0. The highest BCUT2D eigenvalue weighted by molar-refractivity contribution is 5.78. The van der Waals surface area contributed by atoms with Gasteiger partial charge in [0.2, 0.25) is 5.91 Å². The average molecular weight is 323 g/mol. The second kappa shape index (κ2) is 8.84. The third kappa shape index (κ3) is 5.80. The van der Waals surface area contributed by atoms with E-state index >= 15 is 0 Å². The summed E-state index contributed by atoms with van der Waals surface area (Å²) in [5, 5.41) is 3.06. The monoisotopic (exact) mass is 323 g/mol. The van der Waals surface area contributed by atoms with Crippen molar-refractivity contribution in [2.24, 2.45) is 11.7 Å². The van der Waals surface area contributed by atoms with E-state index in [9.17, 15) is 9.18 Å². The quantitative estimate of drug-likeness (QED) is 0.795. The first-order chi connectivity index (χ1) is 11.1. The number of rotatable bonds is 7. The van der Waals surface area contributed by atoms with Crippen LogP contribution in [0.25, 0.3) is 0 Å². The number of nitrogens with zero attached hydrogens (tertiary/aromatic N) is 1. The van der Waals surface area contributed by atoms with Crippen molar-refractivity contribution < 1.29 is 13.9 Å². The molecule has 1 atom stereocenters. The highest BCUT2D eigenvalue weighted by Gasteiger charge is 2.22. The fourth-order valence-corrected chi connectivity index (χ4v) is 2.57. The van der Waals surface area contributed by atoms with Crippen LogP contribution >= 0.6 is 0 Å². The maximum atomic E-state index is 12.8. The summed E-state index contributed by atoms with van der Waals surface area (Å²) in [5.74, 6) is 0.345. The Labute approximate surface area is 137 Å². The van der Waals surface area contributed by atoms with Crippen molar-refractivity contribution in [3.8, 4) is 5.75 Å². The molecule has 1 aromatic rings. The number of benzene rings is 1. The SMILES string of the molecule is CC(CN)C(=O)NC1CCN(CCOc2ccc(F)cc2)CC1. The summed E-state index contributed by atoms with van der Waals surface area (Å²) >= 11 is 0. The Morgan fingerprint density at radius 1 is 1.39 bits per heavy atom. The Morgan fingerprint density at radius 3 is 2.65 bits per heavy atom. The van der Waals surface area contributed by atoms with Crippen LogP contribution in [0.4, 0.5) is 4.39 Å². The van der Waals surface area contributed by atoms with Crippen molar-refractivity contribution >= 4 is 5.91 Å². The van der Waals surface area contributed by atoms with Gasteiger partial charge in [-0.2, -0.15) is 0 Å². The smallest absolute Gasteiger partial charge is 0.224 e. The van der Waals surface area contributed by atoms with Gasteiger partial charge in [0.1, 0.15) is 18.2 Å². The number of likely N-dealkylation sites (tertiary alicyclic amines) is 1. The Bertz CT molecular complexity index is 487. The van der Waals surface area contributed by atoms with Gasteiger partial charge < -0.3 is 15.8 Å². The lowest BCUT2D eigenvalue weighted by Gasteiger charge is -2.32. The van der Waals surface area contributed by atoms with Gasteiger partial charge in [0.05, 0.1) is 0 Å². The second-order valence-electron chi connectivity index (χ2n) is 6.06. The lowest BCUT2D eigenvalue weighted by molar-refractivity contribution is -0.125. The van der Waals surface area contributed by atoms with Gasteiger partial charge in [0.25, 0.3) is 0 Å². The first-order valence-corrected chi connectivity index (χ1v) is 8.19. The zero-order valence-electron chi connectivity index (χ0n) is 13.6. The molecule has 0 bridgehead atoms. The third-order valence-corrected chi connectivity index (χ3v) is 4.22. The van der Waals surface area contributed by atoms with Gasteiger partial charge in [-0.25, -0.2) is 4.39 Å². The highest BCUT2D eigenvalue weighted by atomic mass is 19.1. The van der Waals surface area contributed by atoms with Crippen LogP contribution in [-0.4, -0.2) is 49.6 Å². The van der Waals surface area contributed by atoms with Crippen molar-refractivity contribution in [3.63, 3.8) is 0 Å². The molecule has 5 nitrogen and oxygen atoms in total. The molecule has 0 spiro atoms. The van der Waals surface area contributed by atoms with Crippen LogP contribution in [0.5, 0.6) is 5.75 Å². The summed E-state index contributed by atoms with van der Waals surface area (Å²) in [6, 6.07) is 6.30. The number of piperidine rings is 1. The molecule has 0 aromatic heterocycles.